The van der Waals surface area contributed by atoms with Gasteiger partial charge in [0.25, 0.3) is 0 Å². The maximum atomic E-state index is 5.50. The van der Waals surface area contributed by atoms with E-state index in [1.807, 2.05) is 10.6 Å². The lowest BCUT2D eigenvalue weighted by Gasteiger charge is -2.02. The fraction of sp³-hybridized carbons (Fsp3) is 0. The average molecular weight is 239 g/mol. The summed E-state index contributed by atoms with van der Waals surface area (Å²) in [6.07, 6.45) is 6.86. The third-order valence-electron chi connectivity index (χ3n) is 1.63. The highest BCUT2D eigenvalue weighted by Crippen LogP contribution is 2.19. The molecule has 0 atom stereocenters. The van der Waals surface area contributed by atoms with E-state index in [-0.39, 0.29) is 0 Å². The van der Waals surface area contributed by atoms with Crippen LogP contribution in [0.4, 0.5) is 5.82 Å². The number of rotatable bonds is 1. The minimum Gasteiger partial charge on any atom is -0.382 e. The first kappa shape index (κ1) is 8.25. The van der Waals surface area contributed by atoms with E-state index in [9.17, 15) is 0 Å². The molecule has 0 aliphatic carbocycles. The monoisotopic (exact) mass is 238 g/mol. The predicted molar refractivity (Wildman–Crippen MR) is 53.5 cm³/mol. The van der Waals surface area contributed by atoms with Crippen molar-refractivity contribution in [1.29, 1.82) is 0 Å². The molecule has 0 saturated heterocycles. The van der Waals surface area contributed by atoms with Gasteiger partial charge in [-0.05, 0) is 22.0 Å². The van der Waals surface area contributed by atoms with Gasteiger partial charge in [-0.15, -0.1) is 0 Å². The molecule has 0 amide bonds. The van der Waals surface area contributed by atoms with Gasteiger partial charge in [0.15, 0.2) is 0 Å². The van der Waals surface area contributed by atoms with Crippen molar-refractivity contribution in [3.8, 4) is 5.69 Å². The summed E-state index contributed by atoms with van der Waals surface area (Å²) in [4.78, 5) is 7.90. The van der Waals surface area contributed by atoms with Crippen LogP contribution < -0.4 is 5.73 Å². The molecule has 0 aromatic carbocycles. The highest BCUT2D eigenvalue weighted by Gasteiger charge is 2.01. The van der Waals surface area contributed by atoms with Crippen molar-refractivity contribution in [3.63, 3.8) is 0 Å². The first-order chi connectivity index (χ1) is 6.27. The van der Waals surface area contributed by atoms with Crippen molar-refractivity contribution in [3.05, 3.63) is 35.5 Å². The fourth-order valence-electron chi connectivity index (χ4n) is 1.05. The normalized spacial score (nSPS) is 10.2. The largest absolute Gasteiger partial charge is 0.382 e. The highest BCUT2D eigenvalue weighted by atomic mass is 79.9. The van der Waals surface area contributed by atoms with Gasteiger partial charge in [0.1, 0.15) is 12.1 Å². The van der Waals surface area contributed by atoms with Crippen molar-refractivity contribution in [1.82, 2.24) is 14.5 Å². The summed E-state index contributed by atoms with van der Waals surface area (Å²) < 4.78 is 2.74. The van der Waals surface area contributed by atoms with Gasteiger partial charge in [0, 0.05) is 12.4 Å². The number of nitrogen functional groups attached to an aromatic ring is 1. The fourth-order valence-corrected chi connectivity index (χ4v) is 1.50. The summed E-state index contributed by atoms with van der Waals surface area (Å²) in [5, 5.41) is 0. The number of hydrogen-bond acceptors (Lipinski definition) is 3. The Kier molecular flexibility index (Phi) is 2.02. The molecule has 5 heteroatoms. The van der Waals surface area contributed by atoms with Gasteiger partial charge in [0.2, 0.25) is 0 Å². The van der Waals surface area contributed by atoms with Crippen LogP contribution in [0.2, 0.25) is 0 Å². The second-order valence-corrected chi connectivity index (χ2v) is 3.39. The Morgan fingerprint density at radius 2 is 2.31 bits per heavy atom. The Morgan fingerprint density at radius 3 is 2.92 bits per heavy atom. The molecular formula is C8H7BrN4. The van der Waals surface area contributed by atoms with E-state index in [1.165, 1.54) is 0 Å². The molecule has 2 heterocycles. The van der Waals surface area contributed by atoms with Gasteiger partial charge in [-0.25, -0.2) is 4.98 Å². The lowest BCUT2D eigenvalue weighted by Crippen LogP contribution is -1.91. The minimum atomic E-state index is 0.503. The number of hydrogen-bond donors (Lipinski definition) is 1. The summed E-state index contributed by atoms with van der Waals surface area (Å²) in [7, 11) is 0. The van der Waals surface area contributed by atoms with Crippen molar-refractivity contribution in [2.75, 3.05) is 5.73 Å². The lowest BCUT2D eigenvalue weighted by molar-refractivity contribution is 1.04. The molecule has 0 fully saturated rings. The van der Waals surface area contributed by atoms with E-state index in [1.54, 1.807) is 24.9 Å². The minimum absolute atomic E-state index is 0.503. The van der Waals surface area contributed by atoms with Crippen LogP contribution in [0.5, 0.6) is 0 Å². The lowest BCUT2D eigenvalue weighted by atomic mass is 10.4. The summed E-state index contributed by atoms with van der Waals surface area (Å²) in [6.45, 7) is 0. The van der Waals surface area contributed by atoms with Crippen LogP contribution in [0.15, 0.2) is 35.5 Å². The van der Waals surface area contributed by atoms with Crippen LogP contribution in [0.1, 0.15) is 0 Å². The van der Waals surface area contributed by atoms with Crippen LogP contribution in [-0.4, -0.2) is 14.5 Å². The molecule has 0 aliphatic heterocycles. The van der Waals surface area contributed by atoms with E-state index < -0.39 is 0 Å². The Balaban J connectivity index is 2.52. The first-order valence-electron chi connectivity index (χ1n) is 3.67. The van der Waals surface area contributed by atoms with E-state index >= 15 is 0 Å². The molecule has 4 nitrogen and oxygen atoms in total. The standard InChI is InChI=1S/C8H7BrN4/c9-6-3-11-2-1-7(6)13-4-8(10)12-5-13/h1-5H,10H2. The van der Waals surface area contributed by atoms with E-state index in [2.05, 4.69) is 25.9 Å². The number of nitrogens with zero attached hydrogens (tertiary/aromatic N) is 3. The van der Waals surface area contributed by atoms with Crippen LogP contribution in [0.25, 0.3) is 5.69 Å². The van der Waals surface area contributed by atoms with E-state index in [0.717, 1.165) is 10.2 Å². The van der Waals surface area contributed by atoms with Crippen LogP contribution in [0.3, 0.4) is 0 Å². The number of nitrogens with two attached hydrogens (primary N) is 1. The molecule has 66 valence electrons. The Hall–Kier alpha value is -1.36. The molecule has 2 N–H and O–H groups in total. The van der Waals surface area contributed by atoms with Crippen molar-refractivity contribution in [2.24, 2.45) is 0 Å². The number of halogens is 1. The van der Waals surface area contributed by atoms with Crippen molar-refractivity contribution in [2.45, 2.75) is 0 Å². The van der Waals surface area contributed by atoms with E-state index in [0.29, 0.717) is 5.82 Å². The topological polar surface area (TPSA) is 56.7 Å². The van der Waals surface area contributed by atoms with Crippen LogP contribution in [0, 0.1) is 0 Å². The quantitative estimate of drug-likeness (QED) is 0.822. The third-order valence-corrected chi connectivity index (χ3v) is 2.24. The SMILES string of the molecule is Nc1cn(-c2ccncc2Br)cn1. The number of imidazole rings is 1. The zero-order chi connectivity index (χ0) is 9.26. The maximum Gasteiger partial charge on any atom is 0.141 e. The maximum absolute atomic E-state index is 5.50. The molecular weight excluding hydrogens is 232 g/mol. The summed E-state index contributed by atoms with van der Waals surface area (Å²) in [5.74, 6) is 0.503. The van der Waals surface area contributed by atoms with Crippen LogP contribution in [-0.2, 0) is 0 Å². The molecule has 0 aliphatic rings. The molecule has 0 radical (unpaired) electrons. The molecule has 2 aromatic rings. The van der Waals surface area contributed by atoms with E-state index in [4.69, 9.17) is 5.73 Å². The van der Waals surface area contributed by atoms with Gasteiger partial charge in [-0.1, -0.05) is 0 Å². The summed E-state index contributed by atoms with van der Waals surface area (Å²) in [6, 6.07) is 1.88. The zero-order valence-corrected chi connectivity index (χ0v) is 8.27. The molecule has 2 aromatic heterocycles. The third kappa shape index (κ3) is 1.55. The van der Waals surface area contributed by atoms with Crippen LogP contribution >= 0.6 is 15.9 Å². The smallest absolute Gasteiger partial charge is 0.141 e. The van der Waals surface area contributed by atoms with Gasteiger partial charge < -0.3 is 10.3 Å². The van der Waals surface area contributed by atoms with Gasteiger partial charge >= 0.3 is 0 Å². The van der Waals surface area contributed by atoms with Gasteiger partial charge in [-0.3, -0.25) is 4.98 Å². The Labute approximate surface area is 83.6 Å². The first-order valence-corrected chi connectivity index (χ1v) is 4.46. The Morgan fingerprint density at radius 1 is 1.46 bits per heavy atom. The van der Waals surface area contributed by atoms with Gasteiger partial charge in [0.05, 0.1) is 16.4 Å². The molecule has 2 rings (SSSR count). The number of pyridine rings is 1. The molecule has 13 heavy (non-hydrogen) atoms. The number of aromatic nitrogens is 3. The average Bonchev–Trinajstić information content (AvgIpc) is 2.53. The zero-order valence-electron chi connectivity index (χ0n) is 6.68. The molecule has 0 spiro atoms. The molecule has 0 unspecified atom stereocenters. The second-order valence-electron chi connectivity index (χ2n) is 2.53. The summed E-state index contributed by atoms with van der Waals surface area (Å²) >= 11 is 3.39. The number of anilines is 1. The summed E-state index contributed by atoms with van der Waals surface area (Å²) in [5.41, 5.74) is 6.47. The van der Waals surface area contributed by atoms with Gasteiger partial charge in [-0.2, -0.15) is 0 Å². The van der Waals surface area contributed by atoms with Crippen molar-refractivity contribution < 1.29 is 0 Å². The predicted octanol–water partition coefficient (Wildman–Crippen LogP) is 1.61. The Bertz CT molecular complexity index is 424. The van der Waals surface area contributed by atoms with Crippen molar-refractivity contribution >= 4 is 21.7 Å². The molecule has 0 bridgehead atoms. The highest BCUT2D eigenvalue weighted by molar-refractivity contribution is 9.10. The molecule has 0 saturated carbocycles. The second kappa shape index (κ2) is 3.18.